The largest absolute Gasteiger partial charge is 0.493 e. The van der Waals surface area contributed by atoms with E-state index >= 15 is 0 Å². The number of likely N-dealkylation sites (tertiary alicyclic amines) is 1. The number of urea groups is 1. The third-order valence-corrected chi connectivity index (χ3v) is 5.72. The predicted molar refractivity (Wildman–Crippen MR) is 120 cm³/mol. The van der Waals surface area contributed by atoms with Gasteiger partial charge in [-0.25, -0.2) is 4.79 Å². The van der Waals surface area contributed by atoms with Gasteiger partial charge in [0.15, 0.2) is 0 Å². The van der Waals surface area contributed by atoms with Gasteiger partial charge < -0.3 is 24.4 Å². The summed E-state index contributed by atoms with van der Waals surface area (Å²) in [5, 5.41) is 3.13. The quantitative estimate of drug-likeness (QED) is 0.716. The number of aromatic nitrogens is 1. The van der Waals surface area contributed by atoms with Gasteiger partial charge >= 0.3 is 6.03 Å². The van der Waals surface area contributed by atoms with E-state index in [2.05, 4.69) is 41.7 Å². The summed E-state index contributed by atoms with van der Waals surface area (Å²) in [4.78, 5) is 17.5. The molecule has 0 saturated carbocycles. The second-order valence-electron chi connectivity index (χ2n) is 8.78. The lowest BCUT2D eigenvalue weighted by Crippen LogP contribution is -2.49. The zero-order valence-electron chi connectivity index (χ0n) is 18.8. The lowest BCUT2D eigenvalue weighted by Gasteiger charge is -2.37. The summed E-state index contributed by atoms with van der Waals surface area (Å²) >= 11 is 0. The molecule has 0 bridgehead atoms. The highest BCUT2D eigenvalue weighted by Crippen LogP contribution is 2.19. The molecule has 0 spiro atoms. The summed E-state index contributed by atoms with van der Waals surface area (Å²) in [7, 11) is 4.18. The van der Waals surface area contributed by atoms with Crippen molar-refractivity contribution in [1.82, 2.24) is 19.7 Å². The first-order chi connectivity index (χ1) is 14.4. The van der Waals surface area contributed by atoms with Crippen LogP contribution in [-0.2, 0) is 20.1 Å². The normalized spacial score (nSPS) is 15.4. The minimum Gasteiger partial charge on any atom is -0.493 e. The van der Waals surface area contributed by atoms with E-state index in [1.54, 1.807) is 0 Å². The lowest BCUT2D eigenvalue weighted by molar-refractivity contribution is 0.125. The maximum atomic E-state index is 13.1. The number of hydrogen-bond donors (Lipinski definition) is 1. The number of amides is 2. The van der Waals surface area contributed by atoms with Crippen molar-refractivity contribution in [3.05, 3.63) is 53.9 Å². The van der Waals surface area contributed by atoms with Crippen LogP contribution in [0, 0.1) is 5.92 Å². The van der Waals surface area contributed by atoms with Gasteiger partial charge in [0.25, 0.3) is 0 Å². The van der Waals surface area contributed by atoms with E-state index in [-0.39, 0.29) is 12.1 Å². The molecule has 0 radical (unpaired) electrons. The molecular formula is C24H36N4O2. The standard InChI is InChI=1S/C24H36N4O2/c1-19(2)18-30-23-9-7-20(8-10-23)16-25-24(29)28(17-22-6-5-13-27(22)4)21-11-14-26(3)15-12-21/h5-10,13,19,21H,11-12,14-18H2,1-4H3,(H,25,29). The van der Waals surface area contributed by atoms with Crippen molar-refractivity contribution in [2.75, 3.05) is 26.7 Å². The molecule has 1 N–H and O–H groups in total. The van der Waals surface area contributed by atoms with Crippen molar-refractivity contribution in [3.63, 3.8) is 0 Å². The van der Waals surface area contributed by atoms with Crippen LogP contribution < -0.4 is 10.1 Å². The van der Waals surface area contributed by atoms with E-state index in [1.807, 2.05) is 48.5 Å². The van der Waals surface area contributed by atoms with Gasteiger partial charge in [-0.2, -0.15) is 0 Å². The molecule has 1 aliphatic heterocycles. The first kappa shape index (κ1) is 22.2. The predicted octanol–water partition coefficient (Wildman–Crippen LogP) is 3.87. The number of benzene rings is 1. The van der Waals surface area contributed by atoms with E-state index in [1.165, 1.54) is 0 Å². The summed E-state index contributed by atoms with van der Waals surface area (Å²) in [6, 6.07) is 12.4. The van der Waals surface area contributed by atoms with E-state index < -0.39 is 0 Å². The first-order valence-corrected chi connectivity index (χ1v) is 11.0. The van der Waals surface area contributed by atoms with Crippen molar-refractivity contribution in [2.45, 2.75) is 45.8 Å². The summed E-state index contributed by atoms with van der Waals surface area (Å²) < 4.78 is 7.83. The van der Waals surface area contributed by atoms with Gasteiger partial charge in [0.2, 0.25) is 0 Å². The van der Waals surface area contributed by atoms with Gasteiger partial charge in [-0.05, 0) is 68.7 Å². The van der Waals surface area contributed by atoms with E-state index in [9.17, 15) is 4.79 Å². The molecule has 2 heterocycles. The second-order valence-corrected chi connectivity index (χ2v) is 8.78. The number of ether oxygens (including phenoxy) is 1. The highest BCUT2D eigenvalue weighted by molar-refractivity contribution is 5.74. The first-order valence-electron chi connectivity index (χ1n) is 11.0. The minimum absolute atomic E-state index is 0.00545. The van der Waals surface area contributed by atoms with Crippen LogP contribution in [-0.4, -0.2) is 53.2 Å². The SMILES string of the molecule is CC(C)COc1ccc(CNC(=O)N(Cc2cccn2C)C2CCN(C)CC2)cc1. The smallest absolute Gasteiger partial charge is 0.318 e. The summed E-state index contributed by atoms with van der Waals surface area (Å²) in [6.45, 7) is 8.18. The zero-order chi connectivity index (χ0) is 21.5. The number of piperidine rings is 1. The highest BCUT2D eigenvalue weighted by Gasteiger charge is 2.27. The topological polar surface area (TPSA) is 49.7 Å². The summed E-state index contributed by atoms with van der Waals surface area (Å²) in [5.74, 6) is 1.37. The van der Waals surface area contributed by atoms with Crippen LogP contribution in [0.4, 0.5) is 4.79 Å². The fourth-order valence-corrected chi connectivity index (χ4v) is 3.75. The number of aryl methyl sites for hydroxylation is 1. The average Bonchev–Trinajstić information content (AvgIpc) is 3.14. The Kier molecular flexibility index (Phi) is 7.80. The summed E-state index contributed by atoms with van der Waals surface area (Å²) in [5.41, 5.74) is 2.22. The maximum absolute atomic E-state index is 13.1. The lowest BCUT2D eigenvalue weighted by atomic mass is 10.0. The van der Waals surface area contributed by atoms with Crippen molar-refractivity contribution < 1.29 is 9.53 Å². The van der Waals surface area contributed by atoms with Crippen molar-refractivity contribution in [1.29, 1.82) is 0 Å². The van der Waals surface area contributed by atoms with E-state index in [4.69, 9.17) is 4.74 Å². The molecule has 1 aromatic heterocycles. The molecule has 2 amide bonds. The second kappa shape index (κ2) is 10.5. The Morgan fingerprint density at radius 1 is 1.17 bits per heavy atom. The molecule has 0 aliphatic carbocycles. The molecule has 1 aromatic carbocycles. The number of hydrogen-bond acceptors (Lipinski definition) is 3. The number of carbonyl (C=O) groups is 1. The molecule has 30 heavy (non-hydrogen) atoms. The molecule has 0 atom stereocenters. The third-order valence-electron chi connectivity index (χ3n) is 5.72. The van der Waals surface area contributed by atoms with Crippen molar-refractivity contribution in [2.24, 2.45) is 13.0 Å². The van der Waals surface area contributed by atoms with Crippen LogP contribution in [0.25, 0.3) is 0 Å². The Balaban J connectivity index is 1.60. The highest BCUT2D eigenvalue weighted by atomic mass is 16.5. The number of rotatable bonds is 8. The molecule has 1 saturated heterocycles. The molecule has 3 rings (SSSR count). The Labute approximate surface area is 180 Å². The van der Waals surface area contributed by atoms with Gasteiger partial charge in [0, 0.05) is 31.5 Å². The van der Waals surface area contributed by atoms with Crippen molar-refractivity contribution >= 4 is 6.03 Å². The molecule has 6 nitrogen and oxygen atoms in total. The molecular weight excluding hydrogens is 376 g/mol. The molecule has 1 fully saturated rings. The Morgan fingerprint density at radius 3 is 2.47 bits per heavy atom. The zero-order valence-corrected chi connectivity index (χ0v) is 18.8. The Morgan fingerprint density at radius 2 is 1.87 bits per heavy atom. The van der Waals surface area contributed by atoms with Gasteiger partial charge in [0.05, 0.1) is 13.2 Å². The average molecular weight is 413 g/mol. The minimum atomic E-state index is 0.00545. The number of nitrogens with one attached hydrogen (secondary N) is 1. The molecule has 164 valence electrons. The van der Waals surface area contributed by atoms with Crippen LogP contribution in [0.3, 0.4) is 0 Å². The van der Waals surface area contributed by atoms with Crippen LogP contribution in [0.5, 0.6) is 5.75 Å². The van der Waals surface area contributed by atoms with Gasteiger partial charge in [-0.3, -0.25) is 0 Å². The van der Waals surface area contributed by atoms with Gasteiger partial charge in [-0.15, -0.1) is 0 Å². The third kappa shape index (κ3) is 6.26. The fourth-order valence-electron chi connectivity index (χ4n) is 3.75. The van der Waals surface area contributed by atoms with E-state index in [0.717, 1.165) is 42.9 Å². The van der Waals surface area contributed by atoms with Crippen LogP contribution in [0.1, 0.15) is 37.9 Å². The van der Waals surface area contributed by atoms with Gasteiger partial charge in [0.1, 0.15) is 5.75 Å². The van der Waals surface area contributed by atoms with E-state index in [0.29, 0.717) is 25.6 Å². The number of carbonyl (C=O) groups excluding carboxylic acids is 1. The van der Waals surface area contributed by atoms with Gasteiger partial charge in [-0.1, -0.05) is 26.0 Å². The van der Waals surface area contributed by atoms with Crippen LogP contribution >= 0.6 is 0 Å². The van der Waals surface area contributed by atoms with Crippen LogP contribution in [0.2, 0.25) is 0 Å². The Hall–Kier alpha value is -2.47. The molecule has 2 aromatic rings. The molecule has 6 heteroatoms. The maximum Gasteiger partial charge on any atom is 0.318 e. The van der Waals surface area contributed by atoms with Crippen LogP contribution in [0.15, 0.2) is 42.6 Å². The Bertz CT molecular complexity index is 792. The monoisotopic (exact) mass is 412 g/mol. The summed E-state index contributed by atoms with van der Waals surface area (Å²) in [6.07, 6.45) is 4.05. The number of nitrogens with zero attached hydrogens (tertiary/aromatic N) is 3. The molecule has 0 unspecified atom stereocenters. The fraction of sp³-hybridized carbons (Fsp3) is 0.542. The molecule has 1 aliphatic rings. The van der Waals surface area contributed by atoms with Crippen molar-refractivity contribution in [3.8, 4) is 5.75 Å².